The first-order chi connectivity index (χ1) is 7.54. The van der Waals surface area contributed by atoms with E-state index in [0.717, 1.165) is 0 Å². The summed E-state index contributed by atoms with van der Waals surface area (Å²) in [6.07, 6.45) is 1.24. The molecule has 2 aliphatic rings. The lowest BCUT2D eigenvalue weighted by molar-refractivity contribution is -0.125. The molecule has 2 rings (SSSR count). The average Bonchev–Trinajstić information content (AvgIpc) is 2.47. The Balaban J connectivity index is 2.47. The molecular weight excluding hydrogens is 216 g/mol. The molecule has 0 aromatic rings. The normalized spacial score (nSPS) is 43.6. The van der Waals surface area contributed by atoms with E-state index in [4.69, 9.17) is 11.5 Å². The molecule has 0 amide bonds. The highest BCUT2D eigenvalue weighted by Crippen LogP contribution is 2.57. The lowest BCUT2D eigenvalue weighted by Gasteiger charge is -2.32. The molecule has 4 heteroatoms. The molecule has 0 radical (unpaired) electrons. The van der Waals surface area contributed by atoms with Gasteiger partial charge in [-0.05, 0) is 12.8 Å². The van der Waals surface area contributed by atoms with Crippen LogP contribution in [0.1, 0.15) is 40.5 Å². The Morgan fingerprint density at radius 1 is 0.882 bits per heavy atom. The minimum Gasteiger partial charge on any atom is -0.321 e. The van der Waals surface area contributed by atoms with Gasteiger partial charge in [-0.2, -0.15) is 0 Å². The van der Waals surface area contributed by atoms with Gasteiger partial charge in [-0.1, -0.05) is 27.7 Å². The molecule has 0 heterocycles. The monoisotopic (exact) mass is 238 g/mol. The third-order valence-electron chi connectivity index (χ3n) is 4.68. The molecule has 2 unspecified atom stereocenters. The van der Waals surface area contributed by atoms with E-state index in [1.165, 1.54) is 0 Å². The maximum absolute atomic E-state index is 12.2. The predicted molar refractivity (Wildman–Crippen MR) is 65.2 cm³/mol. The van der Waals surface area contributed by atoms with Gasteiger partial charge in [-0.25, -0.2) is 0 Å². The van der Waals surface area contributed by atoms with Crippen molar-refractivity contribution in [1.29, 1.82) is 0 Å². The maximum atomic E-state index is 12.2. The van der Waals surface area contributed by atoms with Gasteiger partial charge in [0.15, 0.2) is 11.6 Å². The van der Waals surface area contributed by atoms with Crippen LogP contribution in [0.15, 0.2) is 0 Å². The van der Waals surface area contributed by atoms with E-state index in [1.807, 2.05) is 27.7 Å². The van der Waals surface area contributed by atoms with Gasteiger partial charge in [0.1, 0.15) is 0 Å². The molecule has 4 N–H and O–H groups in total. The molecule has 0 saturated heterocycles. The lowest BCUT2D eigenvalue weighted by Crippen LogP contribution is -2.51. The second-order valence-electron chi connectivity index (χ2n) is 7.04. The molecule has 2 fully saturated rings. The number of ketones is 2. The lowest BCUT2D eigenvalue weighted by atomic mass is 9.74. The van der Waals surface area contributed by atoms with Crippen molar-refractivity contribution in [2.75, 3.05) is 0 Å². The highest BCUT2D eigenvalue weighted by molar-refractivity contribution is 5.98. The molecule has 0 aromatic heterocycles. The molecule has 4 nitrogen and oxygen atoms in total. The number of hydrogen-bond acceptors (Lipinski definition) is 4. The van der Waals surface area contributed by atoms with Gasteiger partial charge in [-0.15, -0.1) is 0 Å². The van der Waals surface area contributed by atoms with Gasteiger partial charge < -0.3 is 11.5 Å². The zero-order chi connectivity index (χ0) is 13.2. The summed E-state index contributed by atoms with van der Waals surface area (Å²) >= 11 is 0. The summed E-state index contributed by atoms with van der Waals surface area (Å²) in [5.41, 5.74) is 10.7. The first-order valence-corrected chi connectivity index (χ1v) is 6.14. The Bertz CT molecular complexity index is 360. The summed E-state index contributed by atoms with van der Waals surface area (Å²) in [6.45, 7) is 7.58. The minimum atomic E-state index is -0.599. The average molecular weight is 238 g/mol. The van der Waals surface area contributed by atoms with Crippen molar-refractivity contribution < 1.29 is 9.59 Å². The highest BCUT2D eigenvalue weighted by Gasteiger charge is 2.65. The van der Waals surface area contributed by atoms with E-state index in [-0.39, 0.29) is 11.6 Å². The zero-order valence-corrected chi connectivity index (χ0v) is 11.0. The number of rotatable bonds is 0. The van der Waals surface area contributed by atoms with Crippen molar-refractivity contribution in [2.45, 2.75) is 52.6 Å². The Hall–Kier alpha value is -0.740. The summed E-state index contributed by atoms with van der Waals surface area (Å²) in [5, 5.41) is 0. The molecular formula is C13H22N2O2. The van der Waals surface area contributed by atoms with Crippen LogP contribution in [0.5, 0.6) is 0 Å². The summed E-state index contributed by atoms with van der Waals surface area (Å²) < 4.78 is 0. The van der Waals surface area contributed by atoms with E-state index in [9.17, 15) is 9.59 Å². The van der Waals surface area contributed by atoms with Crippen LogP contribution < -0.4 is 11.5 Å². The number of hydrogen-bond donors (Lipinski definition) is 2. The molecule has 0 aromatic carbocycles. The molecule has 2 saturated carbocycles. The molecule has 96 valence electrons. The third kappa shape index (κ3) is 1.43. The molecule has 0 bridgehead atoms. The Morgan fingerprint density at radius 2 is 1.18 bits per heavy atom. The van der Waals surface area contributed by atoms with Crippen LogP contribution in [0.25, 0.3) is 0 Å². The van der Waals surface area contributed by atoms with Crippen LogP contribution in [-0.2, 0) is 9.59 Å². The second-order valence-corrected chi connectivity index (χ2v) is 7.04. The first-order valence-electron chi connectivity index (χ1n) is 6.14. The van der Waals surface area contributed by atoms with Gasteiger partial charge in [0.2, 0.25) is 0 Å². The van der Waals surface area contributed by atoms with Gasteiger partial charge in [0.25, 0.3) is 0 Å². The third-order valence-corrected chi connectivity index (χ3v) is 4.68. The van der Waals surface area contributed by atoms with Gasteiger partial charge in [0, 0.05) is 16.2 Å². The highest BCUT2D eigenvalue weighted by atomic mass is 16.1. The predicted octanol–water partition coefficient (Wildman–Crippen LogP) is 0.625. The zero-order valence-electron chi connectivity index (χ0n) is 11.0. The molecule has 2 atom stereocenters. The number of nitrogens with two attached hydrogens (primary N) is 2. The summed E-state index contributed by atoms with van der Waals surface area (Å²) in [5.74, 6) is 0.0805. The van der Waals surface area contributed by atoms with Gasteiger partial charge >= 0.3 is 0 Å². The molecule has 17 heavy (non-hydrogen) atoms. The maximum Gasteiger partial charge on any atom is 0.155 e. The van der Waals surface area contributed by atoms with Crippen LogP contribution in [-0.4, -0.2) is 23.7 Å². The smallest absolute Gasteiger partial charge is 0.155 e. The van der Waals surface area contributed by atoms with E-state index >= 15 is 0 Å². The largest absolute Gasteiger partial charge is 0.321 e. The van der Waals surface area contributed by atoms with Gasteiger partial charge in [-0.3, -0.25) is 9.59 Å². The van der Waals surface area contributed by atoms with Crippen LogP contribution in [0.2, 0.25) is 0 Å². The topological polar surface area (TPSA) is 86.2 Å². The second kappa shape index (κ2) is 3.18. The Morgan fingerprint density at radius 3 is 1.35 bits per heavy atom. The van der Waals surface area contributed by atoms with Crippen LogP contribution >= 0.6 is 0 Å². The summed E-state index contributed by atoms with van der Waals surface area (Å²) in [4.78, 5) is 24.3. The van der Waals surface area contributed by atoms with E-state index in [1.54, 1.807) is 0 Å². The fraction of sp³-hybridized carbons (Fsp3) is 0.846. The standard InChI is InChI=1S/C13H22N2O2/c1-11(2)5-13(7(14)9(11)16)6-12(3,4)10(17)8(13)15/h7-8H,5-6,14-15H2,1-4H3. The van der Waals surface area contributed by atoms with Crippen molar-refractivity contribution in [3.63, 3.8) is 0 Å². The SMILES string of the molecule is CC1(C)CC2(CC(C)(C)C(=O)C2N)C(N)C1=O. The quantitative estimate of drug-likeness (QED) is 0.648. The molecule has 1 spiro atoms. The summed E-state index contributed by atoms with van der Waals surface area (Å²) in [6, 6.07) is -1.20. The van der Waals surface area contributed by atoms with E-state index in [2.05, 4.69) is 0 Å². The number of Topliss-reactive ketones (excluding diaryl/α,β-unsaturated/α-hetero) is 2. The van der Waals surface area contributed by atoms with Crippen molar-refractivity contribution in [3.05, 3.63) is 0 Å². The van der Waals surface area contributed by atoms with Crippen molar-refractivity contribution in [2.24, 2.45) is 27.7 Å². The van der Waals surface area contributed by atoms with Crippen molar-refractivity contribution >= 4 is 11.6 Å². The molecule has 0 aliphatic heterocycles. The Labute approximate surface area is 102 Å². The van der Waals surface area contributed by atoms with Crippen molar-refractivity contribution in [3.8, 4) is 0 Å². The summed E-state index contributed by atoms with van der Waals surface area (Å²) in [7, 11) is 0. The molecule has 2 aliphatic carbocycles. The Kier molecular flexibility index (Phi) is 2.37. The minimum absolute atomic E-state index is 0.0402. The van der Waals surface area contributed by atoms with Crippen LogP contribution in [0.4, 0.5) is 0 Å². The number of carbonyl (C=O) groups is 2. The van der Waals surface area contributed by atoms with E-state index < -0.39 is 28.3 Å². The fourth-order valence-electron chi connectivity index (χ4n) is 3.88. The first kappa shape index (κ1) is 12.7. The van der Waals surface area contributed by atoms with Crippen molar-refractivity contribution in [1.82, 2.24) is 0 Å². The fourth-order valence-corrected chi connectivity index (χ4v) is 3.88. The number of carbonyl (C=O) groups excluding carboxylic acids is 2. The van der Waals surface area contributed by atoms with Crippen LogP contribution in [0.3, 0.4) is 0 Å². The van der Waals surface area contributed by atoms with E-state index in [0.29, 0.717) is 12.8 Å². The van der Waals surface area contributed by atoms with Gasteiger partial charge in [0.05, 0.1) is 12.1 Å². The van der Waals surface area contributed by atoms with Crippen LogP contribution in [0, 0.1) is 16.2 Å².